The van der Waals surface area contributed by atoms with E-state index in [0.29, 0.717) is 11.5 Å². The van der Waals surface area contributed by atoms with Gasteiger partial charge in [-0.2, -0.15) is 0 Å². The van der Waals surface area contributed by atoms with Crippen LogP contribution in [0.2, 0.25) is 0 Å². The molecule has 1 atom stereocenters. The molecule has 25 heavy (non-hydrogen) atoms. The first kappa shape index (κ1) is 18.5. The number of hydrogen-bond acceptors (Lipinski definition) is 5. The molecule has 2 aromatic rings. The third kappa shape index (κ3) is 5.09. The fraction of sp³-hybridized carbons (Fsp3) is 0.250. The van der Waals surface area contributed by atoms with E-state index in [1.54, 1.807) is 33.5 Å². The fourth-order valence-corrected chi connectivity index (χ4v) is 2.38. The maximum atomic E-state index is 11.9. The third-order valence-electron chi connectivity index (χ3n) is 3.65. The third-order valence-corrected chi connectivity index (χ3v) is 3.65. The molecule has 5 heteroatoms. The summed E-state index contributed by atoms with van der Waals surface area (Å²) in [6.07, 6.45) is 2.64. The van der Waals surface area contributed by atoms with Crippen LogP contribution in [0, 0.1) is 0 Å². The highest BCUT2D eigenvalue weighted by Gasteiger charge is 2.20. The monoisotopic (exact) mass is 342 g/mol. The van der Waals surface area contributed by atoms with Crippen molar-refractivity contribution in [3.63, 3.8) is 0 Å². The van der Waals surface area contributed by atoms with E-state index in [1.165, 1.54) is 6.08 Å². The van der Waals surface area contributed by atoms with Gasteiger partial charge in [0.05, 0.1) is 14.2 Å². The Labute approximate surface area is 147 Å². The quantitative estimate of drug-likeness (QED) is 0.541. The molecular weight excluding hydrogens is 320 g/mol. The van der Waals surface area contributed by atoms with Gasteiger partial charge in [0.1, 0.15) is 12.7 Å². The van der Waals surface area contributed by atoms with Crippen LogP contribution in [0.1, 0.15) is 17.2 Å². The predicted octanol–water partition coefficient (Wildman–Crippen LogP) is 3.65. The molecule has 0 heterocycles. The van der Waals surface area contributed by atoms with Crippen LogP contribution in [0.3, 0.4) is 0 Å². The predicted molar refractivity (Wildman–Crippen MR) is 95.7 cm³/mol. The summed E-state index contributed by atoms with van der Waals surface area (Å²) in [5.41, 5.74) is 1.68. The van der Waals surface area contributed by atoms with Crippen molar-refractivity contribution in [3.05, 3.63) is 65.7 Å². The minimum absolute atomic E-state index is 0.0675. The van der Waals surface area contributed by atoms with Gasteiger partial charge < -0.3 is 18.9 Å². The van der Waals surface area contributed by atoms with Crippen molar-refractivity contribution in [2.75, 3.05) is 27.9 Å². The van der Waals surface area contributed by atoms with Gasteiger partial charge in [-0.1, -0.05) is 42.5 Å². The zero-order valence-corrected chi connectivity index (χ0v) is 14.6. The Morgan fingerprint density at radius 2 is 1.76 bits per heavy atom. The number of carbonyl (C=O) groups excluding carboxylic acids is 1. The molecule has 0 aliphatic heterocycles. The SMILES string of the molecule is COc1cccc([C@H](COC(=O)/C=C/c2ccccc2)OC)c1OC. The number of methoxy groups -OCH3 is 3. The van der Waals surface area contributed by atoms with E-state index >= 15 is 0 Å². The average molecular weight is 342 g/mol. The molecule has 0 aromatic heterocycles. The highest BCUT2D eigenvalue weighted by molar-refractivity contribution is 5.87. The molecule has 0 amide bonds. The molecule has 0 saturated heterocycles. The van der Waals surface area contributed by atoms with Crippen LogP contribution < -0.4 is 9.47 Å². The van der Waals surface area contributed by atoms with Crippen molar-refractivity contribution < 1.29 is 23.7 Å². The minimum Gasteiger partial charge on any atom is -0.493 e. The van der Waals surface area contributed by atoms with Crippen molar-refractivity contribution in [2.45, 2.75) is 6.10 Å². The van der Waals surface area contributed by atoms with E-state index in [-0.39, 0.29) is 6.61 Å². The second-order valence-electron chi connectivity index (χ2n) is 5.18. The van der Waals surface area contributed by atoms with Crippen molar-refractivity contribution in [1.29, 1.82) is 0 Å². The molecule has 5 nitrogen and oxygen atoms in total. The van der Waals surface area contributed by atoms with E-state index in [0.717, 1.165) is 11.1 Å². The van der Waals surface area contributed by atoms with Crippen LogP contribution in [0.25, 0.3) is 6.08 Å². The molecule has 132 valence electrons. The summed E-state index contributed by atoms with van der Waals surface area (Å²) in [7, 11) is 4.68. The van der Waals surface area contributed by atoms with E-state index in [4.69, 9.17) is 18.9 Å². The van der Waals surface area contributed by atoms with Crippen LogP contribution in [-0.2, 0) is 14.3 Å². The van der Waals surface area contributed by atoms with Crippen molar-refractivity contribution in [2.24, 2.45) is 0 Å². The highest BCUT2D eigenvalue weighted by Crippen LogP contribution is 2.35. The van der Waals surface area contributed by atoms with Crippen molar-refractivity contribution in [1.82, 2.24) is 0 Å². The molecule has 2 aromatic carbocycles. The number of hydrogen-bond donors (Lipinski definition) is 0. The zero-order chi connectivity index (χ0) is 18.1. The van der Waals surface area contributed by atoms with E-state index < -0.39 is 12.1 Å². The first-order valence-electron chi connectivity index (χ1n) is 7.83. The lowest BCUT2D eigenvalue weighted by Crippen LogP contribution is -2.14. The van der Waals surface area contributed by atoms with Gasteiger partial charge >= 0.3 is 5.97 Å². The Bertz CT molecular complexity index is 709. The van der Waals surface area contributed by atoms with Crippen LogP contribution in [0.4, 0.5) is 0 Å². The molecule has 0 fully saturated rings. The number of ether oxygens (including phenoxy) is 4. The number of para-hydroxylation sites is 1. The Kier molecular flexibility index (Phi) is 7.04. The lowest BCUT2D eigenvalue weighted by atomic mass is 10.1. The molecule has 0 N–H and O–H groups in total. The number of esters is 1. The Morgan fingerprint density at radius 1 is 1.00 bits per heavy atom. The Morgan fingerprint density at radius 3 is 2.40 bits per heavy atom. The lowest BCUT2D eigenvalue weighted by molar-refractivity contribution is -0.141. The fourth-order valence-electron chi connectivity index (χ4n) is 2.38. The number of benzene rings is 2. The average Bonchev–Trinajstić information content (AvgIpc) is 2.67. The molecule has 0 unspecified atom stereocenters. The molecule has 2 rings (SSSR count). The van der Waals surface area contributed by atoms with E-state index in [1.807, 2.05) is 42.5 Å². The maximum Gasteiger partial charge on any atom is 0.330 e. The molecule has 0 radical (unpaired) electrons. The van der Waals surface area contributed by atoms with Crippen molar-refractivity contribution >= 4 is 12.0 Å². The summed E-state index contributed by atoms with van der Waals surface area (Å²) in [5, 5.41) is 0. The summed E-state index contributed by atoms with van der Waals surface area (Å²) in [6, 6.07) is 15.0. The van der Waals surface area contributed by atoms with Crippen LogP contribution in [0.5, 0.6) is 11.5 Å². The first-order valence-corrected chi connectivity index (χ1v) is 7.83. The van der Waals surface area contributed by atoms with Crippen molar-refractivity contribution in [3.8, 4) is 11.5 Å². The normalized spacial score (nSPS) is 12.0. The van der Waals surface area contributed by atoms with E-state index in [9.17, 15) is 4.79 Å². The van der Waals surface area contributed by atoms with Gasteiger partial charge in [-0.3, -0.25) is 0 Å². The highest BCUT2D eigenvalue weighted by atomic mass is 16.6. The van der Waals surface area contributed by atoms with Crippen LogP contribution in [-0.4, -0.2) is 33.9 Å². The second-order valence-corrected chi connectivity index (χ2v) is 5.18. The topological polar surface area (TPSA) is 54.0 Å². The summed E-state index contributed by atoms with van der Waals surface area (Å²) >= 11 is 0. The van der Waals surface area contributed by atoms with Gasteiger partial charge in [0.15, 0.2) is 11.5 Å². The Balaban J connectivity index is 2.03. The lowest BCUT2D eigenvalue weighted by Gasteiger charge is -2.19. The molecule has 0 saturated carbocycles. The van der Waals surface area contributed by atoms with Gasteiger partial charge in [-0.25, -0.2) is 4.79 Å². The molecular formula is C20H22O5. The van der Waals surface area contributed by atoms with Gasteiger partial charge in [0.2, 0.25) is 0 Å². The van der Waals surface area contributed by atoms with Gasteiger partial charge in [0, 0.05) is 18.7 Å². The number of carbonyl (C=O) groups is 1. The summed E-state index contributed by atoms with van der Waals surface area (Å²) in [5.74, 6) is 0.720. The standard InChI is InChI=1S/C20H22O5/c1-22-17-11-7-10-16(20(17)24-3)18(23-2)14-25-19(21)13-12-15-8-5-4-6-9-15/h4-13,18H,14H2,1-3H3/b13-12+/t18-/m0/s1. The maximum absolute atomic E-state index is 11.9. The summed E-state index contributed by atoms with van der Waals surface area (Å²) in [4.78, 5) is 11.9. The van der Waals surface area contributed by atoms with E-state index in [2.05, 4.69) is 0 Å². The zero-order valence-electron chi connectivity index (χ0n) is 14.6. The minimum atomic E-state index is -0.459. The molecule has 0 bridgehead atoms. The summed E-state index contributed by atoms with van der Waals surface area (Å²) < 4.78 is 21.4. The molecule has 0 aliphatic rings. The number of rotatable bonds is 8. The van der Waals surface area contributed by atoms with Gasteiger partial charge in [0.25, 0.3) is 0 Å². The van der Waals surface area contributed by atoms with Gasteiger partial charge in [-0.05, 0) is 17.7 Å². The Hall–Kier alpha value is -2.79. The largest absolute Gasteiger partial charge is 0.493 e. The first-order chi connectivity index (χ1) is 12.2. The summed E-state index contributed by atoms with van der Waals surface area (Å²) in [6.45, 7) is 0.0675. The molecule has 0 spiro atoms. The van der Waals surface area contributed by atoms with Crippen LogP contribution in [0.15, 0.2) is 54.6 Å². The molecule has 0 aliphatic carbocycles. The second kappa shape index (κ2) is 9.49. The van der Waals surface area contributed by atoms with Gasteiger partial charge in [-0.15, -0.1) is 0 Å². The van der Waals surface area contributed by atoms with Crippen LogP contribution >= 0.6 is 0 Å². The smallest absolute Gasteiger partial charge is 0.330 e.